The van der Waals surface area contributed by atoms with Crippen LogP contribution in [0.25, 0.3) is 10.8 Å². The van der Waals surface area contributed by atoms with Gasteiger partial charge < -0.3 is 0 Å². The average Bonchev–Trinajstić information content (AvgIpc) is 2.45. The molecule has 0 saturated heterocycles. The fraction of sp³-hybridized carbons (Fsp3) is 0.357. The Labute approximate surface area is 124 Å². The predicted octanol–water partition coefficient (Wildman–Crippen LogP) is 2.78. The number of hydrogen-bond donors (Lipinski definition) is 1. The van der Waals surface area contributed by atoms with E-state index in [0.717, 1.165) is 11.8 Å². The predicted molar refractivity (Wildman–Crippen MR) is 81.4 cm³/mol. The molecule has 1 unspecified atom stereocenters. The number of nitrogens with zero attached hydrogens (tertiary/aromatic N) is 1. The van der Waals surface area contributed by atoms with Gasteiger partial charge in [0.1, 0.15) is 0 Å². The second kappa shape index (κ2) is 6.52. The lowest BCUT2D eigenvalue weighted by Crippen LogP contribution is -2.28. The number of sulfonamides is 1. The molecule has 1 atom stereocenters. The highest BCUT2D eigenvalue weighted by atomic mass is 35.5. The molecule has 1 heterocycles. The molecule has 4 nitrogen and oxygen atoms in total. The summed E-state index contributed by atoms with van der Waals surface area (Å²) in [7, 11) is -3.52. The van der Waals surface area contributed by atoms with E-state index in [0.29, 0.717) is 17.8 Å². The van der Waals surface area contributed by atoms with E-state index in [1.54, 1.807) is 30.6 Å². The van der Waals surface area contributed by atoms with Crippen LogP contribution >= 0.6 is 11.6 Å². The molecule has 1 aromatic heterocycles. The summed E-state index contributed by atoms with van der Waals surface area (Å²) in [4.78, 5) is 4.29. The van der Waals surface area contributed by atoms with E-state index in [1.807, 2.05) is 13.0 Å². The van der Waals surface area contributed by atoms with Gasteiger partial charge in [-0.25, -0.2) is 13.1 Å². The third kappa shape index (κ3) is 3.48. The van der Waals surface area contributed by atoms with Gasteiger partial charge in [-0.1, -0.05) is 19.1 Å². The molecule has 0 aliphatic heterocycles. The Morgan fingerprint density at radius 3 is 2.90 bits per heavy atom. The number of pyridine rings is 1. The zero-order valence-electron chi connectivity index (χ0n) is 11.2. The van der Waals surface area contributed by atoms with Crippen molar-refractivity contribution in [1.29, 1.82) is 0 Å². The third-order valence-corrected chi connectivity index (χ3v) is 4.85. The van der Waals surface area contributed by atoms with Crippen LogP contribution in [0, 0.1) is 5.92 Å². The van der Waals surface area contributed by atoms with E-state index < -0.39 is 10.0 Å². The molecule has 0 aliphatic rings. The molecule has 20 heavy (non-hydrogen) atoms. The summed E-state index contributed by atoms with van der Waals surface area (Å²) in [5, 5.41) is 1.49. The first-order chi connectivity index (χ1) is 9.54. The first kappa shape index (κ1) is 15.2. The van der Waals surface area contributed by atoms with Gasteiger partial charge in [0.05, 0.1) is 4.90 Å². The molecular weight excluding hydrogens is 296 g/mol. The van der Waals surface area contributed by atoms with Crippen molar-refractivity contribution >= 4 is 32.4 Å². The maximum Gasteiger partial charge on any atom is 0.241 e. The molecule has 0 fully saturated rings. The van der Waals surface area contributed by atoms with Crippen LogP contribution in [-0.2, 0) is 10.0 Å². The summed E-state index contributed by atoms with van der Waals surface area (Å²) in [6.45, 7) is 2.36. The van der Waals surface area contributed by atoms with Gasteiger partial charge in [0.25, 0.3) is 0 Å². The zero-order valence-corrected chi connectivity index (χ0v) is 12.8. The number of hydrogen-bond acceptors (Lipinski definition) is 3. The van der Waals surface area contributed by atoms with Crippen molar-refractivity contribution in [3.8, 4) is 0 Å². The van der Waals surface area contributed by atoms with Gasteiger partial charge >= 0.3 is 0 Å². The third-order valence-electron chi connectivity index (χ3n) is 3.15. The van der Waals surface area contributed by atoms with Crippen LogP contribution in [0.15, 0.2) is 41.6 Å². The second-order valence-electron chi connectivity index (χ2n) is 4.79. The topological polar surface area (TPSA) is 59.1 Å². The molecule has 2 aromatic rings. The van der Waals surface area contributed by atoms with E-state index in [-0.39, 0.29) is 10.8 Å². The summed E-state index contributed by atoms with van der Waals surface area (Å²) in [5.74, 6) is 0.738. The van der Waals surface area contributed by atoms with Crippen molar-refractivity contribution in [2.45, 2.75) is 18.2 Å². The Kier molecular flexibility index (Phi) is 4.96. The van der Waals surface area contributed by atoms with Gasteiger partial charge in [0.2, 0.25) is 10.0 Å². The number of halogens is 1. The Bertz CT molecular complexity index is 683. The molecule has 1 aromatic carbocycles. The number of rotatable bonds is 6. The lowest BCUT2D eigenvalue weighted by Gasteiger charge is -2.13. The van der Waals surface area contributed by atoms with Crippen molar-refractivity contribution in [2.75, 3.05) is 12.4 Å². The largest absolute Gasteiger partial charge is 0.264 e. The van der Waals surface area contributed by atoms with Gasteiger partial charge in [-0.2, -0.15) is 0 Å². The van der Waals surface area contributed by atoms with Crippen molar-refractivity contribution < 1.29 is 8.42 Å². The number of nitrogens with one attached hydrogen (secondary N) is 1. The van der Waals surface area contributed by atoms with Gasteiger partial charge in [-0.3, -0.25) is 4.98 Å². The summed E-state index contributed by atoms with van der Waals surface area (Å²) in [6, 6.07) is 6.89. The van der Waals surface area contributed by atoms with E-state index in [2.05, 4.69) is 9.71 Å². The highest BCUT2D eigenvalue weighted by Gasteiger charge is 2.17. The fourth-order valence-electron chi connectivity index (χ4n) is 1.95. The van der Waals surface area contributed by atoms with Gasteiger partial charge in [0, 0.05) is 35.6 Å². The minimum Gasteiger partial charge on any atom is -0.264 e. The van der Waals surface area contributed by atoms with Crippen molar-refractivity contribution in [1.82, 2.24) is 9.71 Å². The quantitative estimate of drug-likeness (QED) is 0.834. The molecule has 0 amide bonds. The van der Waals surface area contributed by atoms with Crippen molar-refractivity contribution in [3.63, 3.8) is 0 Å². The second-order valence-corrected chi connectivity index (χ2v) is 6.90. The Morgan fingerprint density at radius 2 is 2.15 bits per heavy atom. The lowest BCUT2D eigenvalue weighted by molar-refractivity contribution is 0.530. The van der Waals surface area contributed by atoms with E-state index in [9.17, 15) is 8.42 Å². The molecule has 0 spiro atoms. The summed E-state index contributed by atoms with van der Waals surface area (Å²) in [5.41, 5.74) is 0. The zero-order chi connectivity index (χ0) is 14.6. The smallest absolute Gasteiger partial charge is 0.241 e. The summed E-state index contributed by atoms with van der Waals surface area (Å²) >= 11 is 5.66. The Hall–Kier alpha value is -1.17. The highest BCUT2D eigenvalue weighted by Crippen LogP contribution is 2.21. The standard InChI is InChI=1S/C14H17ClN2O2S/c1-11(5-7-15)9-17-20(18,19)14-4-2-3-12-10-16-8-6-13(12)14/h2-4,6,8,10-11,17H,5,7,9H2,1H3. The average molecular weight is 313 g/mol. The molecule has 0 bridgehead atoms. The van der Waals surface area contributed by atoms with E-state index in [1.165, 1.54) is 0 Å². The molecular formula is C14H17ClN2O2S. The lowest BCUT2D eigenvalue weighted by atomic mass is 10.1. The molecule has 108 valence electrons. The number of alkyl halides is 1. The fourth-order valence-corrected chi connectivity index (χ4v) is 3.71. The maximum absolute atomic E-state index is 12.4. The van der Waals surface area contributed by atoms with Crippen LogP contribution in [0.1, 0.15) is 13.3 Å². The monoisotopic (exact) mass is 312 g/mol. The van der Waals surface area contributed by atoms with Crippen LogP contribution in [0.2, 0.25) is 0 Å². The molecule has 2 rings (SSSR count). The van der Waals surface area contributed by atoms with Gasteiger partial charge in [-0.15, -0.1) is 11.6 Å². The minimum absolute atomic E-state index is 0.207. The Balaban J connectivity index is 2.28. The normalized spacial score (nSPS) is 13.5. The SMILES string of the molecule is CC(CCCl)CNS(=O)(=O)c1cccc2cnccc12. The molecule has 0 radical (unpaired) electrons. The minimum atomic E-state index is -3.52. The number of fused-ring (bicyclic) bond motifs is 1. The highest BCUT2D eigenvalue weighted by molar-refractivity contribution is 7.89. The van der Waals surface area contributed by atoms with Gasteiger partial charge in [0.15, 0.2) is 0 Å². The molecule has 1 N–H and O–H groups in total. The number of aromatic nitrogens is 1. The van der Waals surface area contributed by atoms with E-state index in [4.69, 9.17) is 11.6 Å². The van der Waals surface area contributed by atoms with Crippen molar-refractivity contribution in [2.24, 2.45) is 5.92 Å². The van der Waals surface area contributed by atoms with Gasteiger partial charge in [-0.05, 0) is 24.5 Å². The Morgan fingerprint density at radius 1 is 1.35 bits per heavy atom. The molecule has 0 aliphatic carbocycles. The first-order valence-electron chi connectivity index (χ1n) is 6.43. The van der Waals surface area contributed by atoms with E-state index >= 15 is 0 Å². The van der Waals surface area contributed by atoms with Crippen LogP contribution in [0.5, 0.6) is 0 Å². The van der Waals surface area contributed by atoms with Crippen LogP contribution < -0.4 is 4.72 Å². The molecule has 6 heteroatoms. The van der Waals surface area contributed by atoms with Crippen molar-refractivity contribution in [3.05, 3.63) is 36.7 Å². The summed E-state index contributed by atoms with van der Waals surface area (Å²) < 4.78 is 27.4. The van der Waals surface area contributed by atoms with Crippen LogP contribution in [-0.4, -0.2) is 25.8 Å². The molecule has 0 saturated carbocycles. The summed E-state index contributed by atoms with van der Waals surface area (Å²) in [6.07, 6.45) is 4.03. The van der Waals surface area contributed by atoms with Crippen LogP contribution in [0.4, 0.5) is 0 Å². The number of benzene rings is 1. The van der Waals surface area contributed by atoms with Crippen LogP contribution in [0.3, 0.4) is 0 Å². The first-order valence-corrected chi connectivity index (χ1v) is 8.45. The maximum atomic E-state index is 12.4.